The van der Waals surface area contributed by atoms with Crippen LogP contribution < -0.4 is 4.74 Å². The summed E-state index contributed by atoms with van der Waals surface area (Å²) in [6, 6.07) is 5.85. The summed E-state index contributed by atoms with van der Waals surface area (Å²) in [6.45, 7) is 7.00. The lowest BCUT2D eigenvalue weighted by molar-refractivity contribution is -0.116. The second-order valence-electron chi connectivity index (χ2n) is 5.24. The lowest BCUT2D eigenvalue weighted by atomic mass is 10.1. The number of carbonyl (C=O) groups excluding carboxylic acids is 1. The van der Waals surface area contributed by atoms with Crippen LogP contribution in [0.4, 0.5) is 0 Å². The Hall–Kier alpha value is -4.39. The van der Waals surface area contributed by atoms with Gasteiger partial charge in [0.2, 0.25) is 0 Å². The number of hydrogen-bond acceptors (Lipinski definition) is 2. The maximum atomic E-state index is 10.9. The molecule has 0 bridgehead atoms. The van der Waals surface area contributed by atoms with E-state index in [9.17, 15) is 4.79 Å². The summed E-state index contributed by atoms with van der Waals surface area (Å²) in [6.07, 6.45) is 0.484. The van der Waals surface area contributed by atoms with Gasteiger partial charge in [-0.05, 0) is 122 Å². The normalized spacial score (nSPS) is 6.52. The number of carbonyl (C=O) groups is 1. The first-order chi connectivity index (χ1) is 14.0. The minimum Gasteiger partial charge on any atom is -0.497 e. The van der Waals surface area contributed by atoms with E-state index in [2.05, 4.69) is 82.9 Å². The van der Waals surface area contributed by atoms with Crippen LogP contribution in [0.25, 0.3) is 0 Å². The molecule has 0 aliphatic rings. The Morgan fingerprint density at radius 2 is 1.17 bits per heavy atom. The summed E-state index contributed by atoms with van der Waals surface area (Å²) in [7, 11) is 1.63. The SMILES string of the molecule is CC#CC#CC#CC#CC#CC#CC#CC.COc1cc(C)cc(CC(C)=O)c1. The maximum absolute atomic E-state index is 10.9. The van der Waals surface area contributed by atoms with E-state index in [-0.39, 0.29) is 5.78 Å². The Morgan fingerprint density at radius 3 is 1.52 bits per heavy atom. The monoisotopic (exact) mass is 376 g/mol. The van der Waals surface area contributed by atoms with Crippen LogP contribution >= 0.6 is 0 Å². The van der Waals surface area contributed by atoms with Gasteiger partial charge in [-0.1, -0.05) is 17.9 Å². The predicted octanol–water partition coefficient (Wildman–Crippen LogP) is 3.19. The average molecular weight is 376 g/mol. The first-order valence-electron chi connectivity index (χ1n) is 8.51. The van der Waals surface area contributed by atoms with E-state index >= 15 is 0 Å². The van der Waals surface area contributed by atoms with Crippen LogP contribution in [0.1, 0.15) is 31.9 Å². The second kappa shape index (κ2) is 17.0. The van der Waals surface area contributed by atoms with E-state index in [1.807, 2.05) is 25.1 Å². The Morgan fingerprint density at radius 1 is 0.759 bits per heavy atom. The molecular formula is C27H20O2. The Labute approximate surface area is 174 Å². The van der Waals surface area contributed by atoms with Crippen LogP contribution in [-0.2, 0) is 11.2 Å². The van der Waals surface area contributed by atoms with Crippen molar-refractivity contribution in [2.24, 2.45) is 0 Å². The summed E-state index contributed by atoms with van der Waals surface area (Å²) in [4.78, 5) is 10.9. The van der Waals surface area contributed by atoms with Crippen LogP contribution in [-0.4, -0.2) is 12.9 Å². The number of benzene rings is 1. The molecule has 0 fully saturated rings. The highest BCUT2D eigenvalue weighted by Crippen LogP contribution is 2.16. The summed E-state index contributed by atoms with van der Waals surface area (Å²) in [5, 5.41) is 0. The van der Waals surface area contributed by atoms with Gasteiger partial charge < -0.3 is 4.74 Å². The fourth-order valence-electron chi connectivity index (χ4n) is 1.77. The van der Waals surface area contributed by atoms with Crippen LogP contribution in [0.2, 0.25) is 0 Å². The standard InChI is InChI=1S/C16H6.C11H14O2/c1-3-5-7-9-11-13-15-16-14-12-10-8-6-4-2;1-8-4-10(6-9(2)12)7-11(5-8)13-3/h1-2H3;4-5,7H,6H2,1-3H3. The molecule has 0 N–H and O–H groups in total. The molecule has 0 heterocycles. The number of ketones is 1. The van der Waals surface area contributed by atoms with Crippen molar-refractivity contribution in [3.8, 4) is 88.6 Å². The summed E-state index contributed by atoms with van der Waals surface area (Å²) >= 11 is 0. The van der Waals surface area contributed by atoms with Gasteiger partial charge in [0.25, 0.3) is 0 Å². The molecule has 1 aromatic carbocycles. The molecule has 1 rings (SSSR count). The van der Waals surface area contributed by atoms with Crippen LogP contribution in [0.15, 0.2) is 18.2 Å². The molecule has 0 aliphatic heterocycles. The van der Waals surface area contributed by atoms with Gasteiger partial charge in [0.15, 0.2) is 0 Å². The fraction of sp³-hybridized carbons (Fsp3) is 0.222. The zero-order valence-corrected chi connectivity index (χ0v) is 17.3. The van der Waals surface area contributed by atoms with Gasteiger partial charge in [-0.25, -0.2) is 0 Å². The zero-order valence-electron chi connectivity index (χ0n) is 17.3. The third-order valence-electron chi connectivity index (χ3n) is 2.74. The van der Waals surface area contributed by atoms with Crippen molar-refractivity contribution in [2.45, 2.75) is 34.1 Å². The zero-order chi connectivity index (χ0) is 21.7. The molecule has 0 aliphatic carbocycles. The van der Waals surface area contributed by atoms with Gasteiger partial charge >= 0.3 is 0 Å². The molecule has 0 unspecified atom stereocenters. The van der Waals surface area contributed by atoms with E-state index in [1.54, 1.807) is 27.9 Å². The molecular weight excluding hydrogens is 356 g/mol. The first-order valence-corrected chi connectivity index (χ1v) is 8.51. The summed E-state index contributed by atoms with van der Waals surface area (Å²) < 4.78 is 5.11. The molecule has 140 valence electrons. The molecule has 0 saturated carbocycles. The number of Topliss-reactive ketones (excluding diaryl/α,β-unsaturated/α-hetero) is 1. The highest BCUT2D eigenvalue weighted by Gasteiger charge is 2.01. The van der Waals surface area contributed by atoms with Gasteiger partial charge in [0.1, 0.15) is 11.5 Å². The fourth-order valence-corrected chi connectivity index (χ4v) is 1.77. The van der Waals surface area contributed by atoms with E-state index in [0.717, 1.165) is 16.9 Å². The third-order valence-corrected chi connectivity index (χ3v) is 2.74. The number of methoxy groups -OCH3 is 1. The topological polar surface area (TPSA) is 26.3 Å². The number of ether oxygens (including phenoxy) is 1. The number of rotatable bonds is 3. The van der Waals surface area contributed by atoms with E-state index < -0.39 is 0 Å². The summed E-state index contributed by atoms with van der Waals surface area (Å²) in [5.74, 6) is 36.6. The van der Waals surface area contributed by atoms with Gasteiger partial charge in [0, 0.05) is 6.42 Å². The lowest BCUT2D eigenvalue weighted by Crippen LogP contribution is -1.97. The van der Waals surface area contributed by atoms with Gasteiger partial charge in [-0.15, -0.1) is 0 Å². The van der Waals surface area contributed by atoms with E-state index in [4.69, 9.17) is 4.74 Å². The average Bonchev–Trinajstić information content (AvgIpc) is 2.68. The molecule has 1 aromatic rings. The number of aryl methyl sites for hydroxylation is 1. The second-order valence-corrected chi connectivity index (χ2v) is 5.24. The highest BCUT2D eigenvalue weighted by molar-refractivity contribution is 5.78. The Balaban J connectivity index is 0.000000551. The molecule has 0 aromatic heterocycles. The van der Waals surface area contributed by atoms with Gasteiger partial charge in [-0.2, -0.15) is 0 Å². The van der Waals surface area contributed by atoms with Crippen molar-refractivity contribution >= 4 is 5.78 Å². The van der Waals surface area contributed by atoms with Crippen LogP contribution in [0, 0.1) is 89.8 Å². The van der Waals surface area contributed by atoms with Crippen LogP contribution in [0.5, 0.6) is 5.75 Å². The van der Waals surface area contributed by atoms with Gasteiger partial charge in [-0.3, -0.25) is 4.79 Å². The Bertz CT molecular complexity index is 1090. The smallest absolute Gasteiger partial charge is 0.134 e. The molecule has 0 saturated heterocycles. The van der Waals surface area contributed by atoms with E-state index in [1.165, 1.54) is 0 Å². The minimum atomic E-state index is 0.174. The van der Waals surface area contributed by atoms with Crippen molar-refractivity contribution in [3.63, 3.8) is 0 Å². The molecule has 0 radical (unpaired) electrons. The van der Waals surface area contributed by atoms with Crippen molar-refractivity contribution in [3.05, 3.63) is 29.3 Å². The summed E-state index contributed by atoms with van der Waals surface area (Å²) in [5.41, 5.74) is 2.14. The molecule has 2 heteroatoms. The predicted molar refractivity (Wildman–Crippen MR) is 118 cm³/mol. The Kier molecular flexibility index (Phi) is 14.5. The quantitative estimate of drug-likeness (QED) is 0.758. The van der Waals surface area contributed by atoms with Crippen LogP contribution in [0.3, 0.4) is 0 Å². The largest absolute Gasteiger partial charge is 0.497 e. The molecule has 29 heavy (non-hydrogen) atoms. The van der Waals surface area contributed by atoms with Crippen molar-refractivity contribution < 1.29 is 9.53 Å². The number of hydrogen-bond donors (Lipinski definition) is 0. The maximum Gasteiger partial charge on any atom is 0.134 e. The third kappa shape index (κ3) is 15.6. The lowest BCUT2D eigenvalue weighted by Gasteiger charge is -2.04. The molecule has 2 nitrogen and oxygen atoms in total. The van der Waals surface area contributed by atoms with Gasteiger partial charge in [0.05, 0.1) is 7.11 Å². The first kappa shape index (κ1) is 24.6. The van der Waals surface area contributed by atoms with Crippen molar-refractivity contribution in [2.75, 3.05) is 7.11 Å². The van der Waals surface area contributed by atoms with E-state index in [0.29, 0.717) is 6.42 Å². The molecule has 0 spiro atoms. The highest BCUT2D eigenvalue weighted by atomic mass is 16.5. The minimum absolute atomic E-state index is 0.174. The van der Waals surface area contributed by atoms with Crippen molar-refractivity contribution in [1.82, 2.24) is 0 Å². The molecule has 0 amide bonds. The molecule has 0 atom stereocenters. The van der Waals surface area contributed by atoms with Crippen molar-refractivity contribution in [1.29, 1.82) is 0 Å².